The molecular formula is C15H24N2O. The van der Waals surface area contributed by atoms with Crippen LogP contribution in [-0.2, 0) is 0 Å². The first-order chi connectivity index (χ1) is 8.67. The zero-order chi connectivity index (χ0) is 13.4. The van der Waals surface area contributed by atoms with Crippen LogP contribution in [0.25, 0.3) is 0 Å². The zero-order valence-corrected chi connectivity index (χ0v) is 11.4. The van der Waals surface area contributed by atoms with E-state index in [9.17, 15) is 4.79 Å². The van der Waals surface area contributed by atoms with Gasteiger partial charge in [0.05, 0.1) is 0 Å². The number of carbonyl (C=O) groups excluding carboxylic acids is 1. The van der Waals surface area contributed by atoms with Gasteiger partial charge in [0, 0.05) is 17.3 Å². The average molecular weight is 248 g/mol. The molecule has 1 unspecified atom stereocenters. The molecule has 3 nitrogen and oxygen atoms in total. The van der Waals surface area contributed by atoms with Gasteiger partial charge in [-0.15, -0.1) is 0 Å². The van der Waals surface area contributed by atoms with Crippen LogP contribution in [0.15, 0.2) is 24.3 Å². The number of amides is 1. The van der Waals surface area contributed by atoms with E-state index in [0.29, 0.717) is 11.3 Å². The molecule has 0 bridgehead atoms. The first-order valence-electron chi connectivity index (χ1n) is 6.83. The van der Waals surface area contributed by atoms with Crippen molar-refractivity contribution in [2.75, 3.05) is 5.73 Å². The van der Waals surface area contributed by atoms with Crippen LogP contribution in [0, 0.1) is 0 Å². The lowest BCUT2D eigenvalue weighted by molar-refractivity contribution is 0.0932. The summed E-state index contributed by atoms with van der Waals surface area (Å²) in [6, 6.07) is 7.40. The molecule has 0 aliphatic heterocycles. The second kappa shape index (κ2) is 7.75. The number of anilines is 1. The Labute approximate surface area is 110 Å². The van der Waals surface area contributed by atoms with Crippen LogP contribution in [0.1, 0.15) is 56.3 Å². The van der Waals surface area contributed by atoms with E-state index in [-0.39, 0.29) is 11.9 Å². The summed E-state index contributed by atoms with van der Waals surface area (Å²) in [5.41, 5.74) is 6.96. The maximum absolute atomic E-state index is 12.1. The van der Waals surface area contributed by atoms with E-state index in [2.05, 4.69) is 19.2 Å². The normalized spacial score (nSPS) is 12.1. The molecule has 18 heavy (non-hydrogen) atoms. The van der Waals surface area contributed by atoms with Crippen molar-refractivity contribution in [3.63, 3.8) is 0 Å². The van der Waals surface area contributed by atoms with Gasteiger partial charge < -0.3 is 11.1 Å². The van der Waals surface area contributed by atoms with Crippen molar-refractivity contribution in [3.05, 3.63) is 29.8 Å². The quantitative estimate of drug-likeness (QED) is 0.727. The minimum atomic E-state index is -0.0168. The summed E-state index contributed by atoms with van der Waals surface area (Å²) >= 11 is 0. The molecule has 0 aromatic heterocycles. The van der Waals surface area contributed by atoms with Gasteiger partial charge in [-0.25, -0.2) is 0 Å². The van der Waals surface area contributed by atoms with Crippen molar-refractivity contribution < 1.29 is 4.79 Å². The van der Waals surface area contributed by atoms with E-state index in [4.69, 9.17) is 5.73 Å². The van der Waals surface area contributed by atoms with Gasteiger partial charge in [-0.3, -0.25) is 4.79 Å². The number of hydrogen-bond acceptors (Lipinski definition) is 2. The van der Waals surface area contributed by atoms with Gasteiger partial charge in [-0.05, 0) is 31.0 Å². The fraction of sp³-hybridized carbons (Fsp3) is 0.533. The van der Waals surface area contributed by atoms with Gasteiger partial charge in [0.15, 0.2) is 0 Å². The third-order valence-corrected chi connectivity index (χ3v) is 3.03. The van der Waals surface area contributed by atoms with E-state index in [1.54, 1.807) is 18.2 Å². The predicted octanol–water partition coefficient (Wildman–Crippen LogP) is 3.36. The SMILES string of the molecule is CCCCC(CCC)NC(=O)c1cccc(N)c1. The molecule has 0 heterocycles. The highest BCUT2D eigenvalue weighted by molar-refractivity contribution is 5.95. The molecular weight excluding hydrogens is 224 g/mol. The van der Waals surface area contributed by atoms with Gasteiger partial charge in [0.1, 0.15) is 0 Å². The molecule has 1 aromatic carbocycles. The highest BCUT2D eigenvalue weighted by Crippen LogP contribution is 2.10. The zero-order valence-electron chi connectivity index (χ0n) is 11.4. The lowest BCUT2D eigenvalue weighted by Gasteiger charge is -2.18. The summed E-state index contributed by atoms with van der Waals surface area (Å²) in [7, 11) is 0. The smallest absolute Gasteiger partial charge is 0.251 e. The molecule has 1 aromatic rings. The van der Waals surface area contributed by atoms with Crippen molar-refractivity contribution in [1.82, 2.24) is 5.32 Å². The van der Waals surface area contributed by atoms with Gasteiger partial charge in [-0.1, -0.05) is 39.2 Å². The summed E-state index contributed by atoms with van der Waals surface area (Å²) < 4.78 is 0. The van der Waals surface area contributed by atoms with Crippen LogP contribution in [0.4, 0.5) is 5.69 Å². The van der Waals surface area contributed by atoms with Crippen LogP contribution in [0.5, 0.6) is 0 Å². The highest BCUT2D eigenvalue weighted by Gasteiger charge is 2.12. The minimum Gasteiger partial charge on any atom is -0.399 e. The maximum atomic E-state index is 12.1. The first-order valence-corrected chi connectivity index (χ1v) is 6.83. The van der Waals surface area contributed by atoms with Gasteiger partial charge in [0.2, 0.25) is 0 Å². The number of hydrogen-bond donors (Lipinski definition) is 2. The van der Waals surface area contributed by atoms with Crippen molar-refractivity contribution in [1.29, 1.82) is 0 Å². The molecule has 0 aliphatic carbocycles. The molecule has 0 fully saturated rings. The molecule has 0 saturated heterocycles. The summed E-state index contributed by atoms with van der Waals surface area (Å²) in [4.78, 5) is 12.1. The van der Waals surface area contributed by atoms with Crippen LogP contribution in [0.2, 0.25) is 0 Å². The Bertz CT molecular complexity index is 377. The molecule has 0 aliphatic rings. The largest absolute Gasteiger partial charge is 0.399 e. The Kier molecular flexibility index (Phi) is 6.26. The fourth-order valence-electron chi connectivity index (χ4n) is 2.04. The molecule has 1 atom stereocenters. The lowest BCUT2D eigenvalue weighted by Crippen LogP contribution is -2.34. The van der Waals surface area contributed by atoms with Crippen LogP contribution < -0.4 is 11.1 Å². The Hall–Kier alpha value is -1.51. The number of nitrogens with one attached hydrogen (secondary N) is 1. The molecule has 0 saturated carbocycles. The molecule has 3 N–H and O–H groups in total. The van der Waals surface area contributed by atoms with E-state index >= 15 is 0 Å². The monoisotopic (exact) mass is 248 g/mol. The van der Waals surface area contributed by atoms with E-state index in [0.717, 1.165) is 32.1 Å². The highest BCUT2D eigenvalue weighted by atomic mass is 16.1. The molecule has 100 valence electrons. The maximum Gasteiger partial charge on any atom is 0.251 e. The number of unbranched alkanes of at least 4 members (excludes halogenated alkanes) is 1. The fourth-order valence-corrected chi connectivity index (χ4v) is 2.04. The first kappa shape index (κ1) is 14.6. The number of nitrogens with two attached hydrogens (primary N) is 1. The lowest BCUT2D eigenvalue weighted by atomic mass is 10.0. The van der Waals surface area contributed by atoms with Crippen LogP contribution >= 0.6 is 0 Å². The second-order valence-electron chi connectivity index (χ2n) is 4.73. The summed E-state index contributed by atoms with van der Waals surface area (Å²) in [6.45, 7) is 4.31. The third-order valence-electron chi connectivity index (χ3n) is 3.03. The van der Waals surface area contributed by atoms with Crippen LogP contribution in [0.3, 0.4) is 0 Å². The number of benzene rings is 1. The molecule has 1 amide bonds. The standard InChI is InChI=1S/C15H24N2O/c1-3-5-10-14(7-4-2)17-15(18)12-8-6-9-13(16)11-12/h6,8-9,11,14H,3-5,7,10,16H2,1-2H3,(H,17,18). The second-order valence-corrected chi connectivity index (χ2v) is 4.73. The van der Waals surface area contributed by atoms with E-state index < -0.39 is 0 Å². The summed E-state index contributed by atoms with van der Waals surface area (Å²) in [5, 5.41) is 3.10. The Balaban J connectivity index is 2.59. The number of nitrogen functional groups attached to an aromatic ring is 1. The van der Waals surface area contributed by atoms with Crippen molar-refractivity contribution >= 4 is 11.6 Å². The average Bonchev–Trinajstić information content (AvgIpc) is 2.36. The van der Waals surface area contributed by atoms with Crippen molar-refractivity contribution in [2.24, 2.45) is 0 Å². The van der Waals surface area contributed by atoms with Crippen molar-refractivity contribution in [2.45, 2.75) is 52.0 Å². The Morgan fingerprint density at radius 3 is 2.67 bits per heavy atom. The Morgan fingerprint density at radius 1 is 1.28 bits per heavy atom. The molecule has 0 radical (unpaired) electrons. The van der Waals surface area contributed by atoms with Gasteiger partial charge in [-0.2, -0.15) is 0 Å². The minimum absolute atomic E-state index is 0.0168. The van der Waals surface area contributed by atoms with Gasteiger partial charge >= 0.3 is 0 Å². The molecule has 1 rings (SSSR count). The van der Waals surface area contributed by atoms with Crippen LogP contribution in [-0.4, -0.2) is 11.9 Å². The summed E-state index contributed by atoms with van der Waals surface area (Å²) in [6.07, 6.45) is 5.49. The predicted molar refractivity (Wildman–Crippen MR) is 76.5 cm³/mol. The van der Waals surface area contributed by atoms with E-state index in [1.165, 1.54) is 0 Å². The van der Waals surface area contributed by atoms with E-state index in [1.807, 2.05) is 6.07 Å². The third kappa shape index (κ3) is 4.78. The molecule has 3 heteroatoms. The topological polar surface area (TPSA) is 55.1 Å². The van der Waals surface area contributed by atoms with Gasteiger partial charge in [0.25, 0.3) is 5.91 Å². The number of rotatable bonds is 7. The van der Waals surface area contributed by atoms with Crippen molar-refractivity contribution in [3.8, 4) is 0 Å². The Morgan fingerprint density at radius 2 is 2.06 bits per heavy atom. The molecule has 0 spiro atoms. The summed E-state index contributed by atoms with van der Waals surface area (Å²) in [5.74, 6) is -0.0168. The number of carbonyl (C=O) groups is 1.